The van der Waals surface area contributed by atoms with Gasteiger partial charge in [-0.2, -0.15) is 0 Å². The van der Waals surface area contributed by atoms with E-state index in [0.717, 1.165) is 5.56 Å². The van der Waals surface area contributed by atoms with E-state index in [1.807, 2.05) is 51.1 Å². The summed E-state index contributed by atoms with van der Waals surface area (Å²) in [4.78, 5) is 11.5. The highest BCUT2D eigenvalue weighted by Gasteiger charge is 2.45. The average molecular weight is 250 g/mol. The molecule has 1 rings (SSSR count). The Bertz CT molecular complexity index is 386. The first-order valence-electron chi connectivity index (χ1n) is 6.44. The third-order valence-electron chi connectivity index (χ3n) is 3.34. The van der Waals surface area contributed by atoms with Gasteiger partial charge in [0.15, 0.2) is 5.60 Å². The number of aliphatic carboxylic acids is 1. The van der Waals surface area contributed by atoms with Crippen molar-refractivity contribution in [1.29, 1.82) is 0 Å². The van der Waals surface area contributed by atoms with E-state index in [4.69, 9.17) is 0 Å². The molecule has 0 saturated heterocycles. The fraction of sp³-hybridized carbons (Fsp3) is 0.533. The molecule has 0 heterocycles. The van der Waals surface area contributed by atoms with E-state index in [0.29, 0.717) is 6.42 Å². The maximum absolute atomic E-state index is 11.5. The van der Waals surface area contributed by atoms with Crippen molar-refractivity contribution in [3.63, 3.8) is 0 Å². The zero-order chi connectivity index (χ0) is 13.8. The first-order valence-corrected chi connectivity index (χ1v) is 6.44. The monoisotopic (exact) mass is 250 g/mol. The molecule has 0 aliphatic heterocycles. The molecular formula is C15H22O3. The summed E-state index contributed by atoms with van der Waals surface area (Å²) in [6, 6.07) is 9.40. The van der Waals surface area contributed by atoms with E-state index < -0.39 is 17.5 Å². The van der Waals surface area contributed by atoms with E-state index in [1.165, 1.54) is 0 Å². The molecule has 1 aromatic rings. The molecule has 2 N–H and O–H groups in total. The average Bonchev–Trinajstić information content (AvgIpc) is 2.30. The van der Waals surface area contributed by atoms with Crippen LogP contribution in [0.3, 0.4) is 0 Å². The van der Waals surface area contributed by atoms with Gasteiger partial charge in [-0.3, -0.25) is 0 Å². The quantitative estimate of drug-likeness (QED) is 0.816. The zero-order valence-electron chi connectivity index (χ0n) is 11.3. The second-order valence-electron chi connectivity index (χ2n) is 5.11. The summed E-state index contributed by atoms with van der Waals surface area (Å²) in [5.41, 5.74) is -0.810. The van der Waals surface area contributed by atoms with Crippen molar-refractivity contribution in [2.45, 2.75) is 45.1 Å². The van der Waals surface area contributed by atoms with Gasteiger partial charge in [0.1, 0.15) is 0 Å². The summed E-state index contributed by atoms with van der Waals surface area (Å²) >= 11 is 0. The summed E-state index contributed by atoms with van der Waals surface area (Å²) in [6.45, 7) is 5.78. The van der Waals surface area contributed by atoms with Crippen LogP contribution in [-0.2, 0) is 4.79 Å². The fourth-order valence-electron chi connectivity index (χ4n) is 2.65. The van der Waals surface area contributed by atoms with Gasteiger partial charge in [-0.15, -0.1) is 0 Å². The number of carboxylic acids is 1. The van der Waals surface area contributed by atoms with Gasteiger partial charge in [0.25, 0.3) is 0 Å². The Morgan fingerprint density at radius 1 is 1.28 bits per heavy atom. The lowest BCUT2D eigenvalue weighted by atomic mass is 9.73. The van der Waals surface area contributed by atoms with Crippen LogP contribution in [0.5, 0.6) is 0 Å². The first-order chi connectivity index (χ1) is 8.43. The highest BCUT2D eigenvalue weighted by atomic mass is 16.4. The summed E-state index contributed by atoms with van der Waals surface area (Å²) in [5.74, 6) is -1.47. The van der Waals surface area contributed by atoms with Crippen molar-refractivity contribution in [2.75, 3.05) is 0 Å². The lowest BCUT2D eigenvalue weighted by Gasteiger charge is -2.35. The molecule has 0 fully saturated rings. The minimum Gasteiger partial charge on any atom is -0.479 e. The van der Waals surface area contributed by atoms with Gasteiger partial charge in [-0.1, -0.05) is 57.5 Å². The van der Waals surface area contributed by atoms with Crippen LogP contribution in [0.2, 0.25) is 0 Å². The fourth-order valence-corrected chi connectivity index (χ4v) is 2.65. The zero-order valence-corrected chi connectivity index (χ0v) is 11.3. The van der Waals surface area contributed by atoms with Crippen LogP contribution >= 0.6 is 0 Å². The van der Waals surface area contributed by atoms with E-state index in [2.05, 4.69) is 0 Å². The number of rotatable bonds is 6. The molecule has 3 nitrogen and oxygen atoms in total. The topological polar surface area (TPSA) is 57.5 Å². The number of carbonyl (C=O) groups is 1. The summed E-state index contributed by atoms with van der Waals surface area (Å²) < 4.78 is 0. The number of carboxylic acid groups (broad SMARTS) is 1. The molecule has 0 radical (unpaired) electrons. The highest BCUT2D eigenvalue weighted by molar-refractivity contribution is 5.78. The van der Waals surface area contributed by atoms with Gasteiger partial charge in [-0.25, -0.2) is 4.79 Å². The van der Waals surface area contributed by atoms with Crippen LogP contribution in [-0.4, -0.2) is 21.8 Å². The molecule has 100 valence electrons. The molecule has 1 aromatic carbocycles. The van der Waals surface area contributed by atoms with Crippen LogP contribution in [0.4, 0.5) is 0 Å². The Hall–Kier alpha value is -1.35. The van der Waals surface area contributed by atoms with Crippen molar-refractivity contribution in [2.24, 2.45) is 5.92 Å². The molecule has 2 unspecified atom stereocenters. The number of hydrogen-bond donors (Lipinski definition) is 2. The minimum absolute atomic E-state index is 0.0556. The van der Waals surface area contributed by atoms with Crippen molar-refractivity contribution in [3.8, 4) is 0 Å². The van der Waals surface area contributed by atoms with Crippen LogP contribution < -0.4 is 0 Å². The van der Waals surface area contributed by atoms with Crippen LogP contribution in [0.15, 0.2) is 30.3 Å². The first kappa shape index (κ1) is 14.7. The maximum Gasteiger partial charge on any atom is 0.336 e. The molecule has 0 aliphatic carbocycles. The molecule has 0 bridgehead atoms. The standard InChI is InChI=1S/C15H22O3/c1-4-10-15(18,14(16)17)13(11(2)3)12-8-6-5-7-9-12/h5-9,11,13,18H,4,10H2,1-3H3,(H,16,17). The van der Waals surface area contributed by atoms with Gasteiger partial charge in [0, 0.05) is 5.92 Å². The van der Waals surface area contributed by atoms with Crippen molar-refractivity contribution in [1.82, 2.24) is 0 Å². The third kappa shape index (κ3) is 2.91. The van der Waals surface area contributed by atoms with Crippen LogP contribution in [0.1, 0.15) is 45.1 Å². The molecule has 0 aliphatic rings. The highest BCUT2D eigenvalue weighted by Crippen LogP contribution is 2.38. The number of benzene rings is 1. The minimum atomic E-state index is -1.69. The largest absolute Gasteiger partial charge is 0.479 e. The number of aliphatic hydroxyl groups is 1. The Morgan fingerprint density at radius 3 is 2.22 bits per heavy atom. The molecular weight excluding hydrogens is 228 g/mol. The molecule has 0 saturated carbocycles. The van der Waals surface area contributed by atoms with E-state index in [9.17, 15) is 15.0 Å². The molecule has 0 amide bonds. The van der Waals surface area contributed by atoms with Crippen LogP contribution in [0.25, 0.3) is 0 Å². The van der Waals surface area contributed by atoms with E-state index in [1.54, 1.807) is 0 Å². The molecule has 0 aromatic heterocycles. The summed E-state index contributed by atoms with van der Waals surface area (Å²) in [6.07, 6.45) is 0.902. The van der Waals surface area contributed by atoms with E-state index >= 15 is 0 Å². The molecule has 0 spiro atoms. The predicted molar refractivity (Wildman–Crippen MR) is 71.5 cm³/mol. The second-order valence-corrected chi connectivity index (χ2v) is 5.11. The normalized spacial score (nSPS) is 16.3. The van der Waals surface area contributed by atoms with E-state index in [-0.39, 0.29) is 12.3 Å². The molecule has 18 heavy (non-hydrogen) atoms. The van der Waals surface area contributed by atoms with Gasteiger partial charge in [0.05, 0.1) is 0 Å². The third-order valence-corrected chi connectivity index (χ3v) is 3.34. The second kappa shape index (κ2) is 6.01. The molecule has 3 heteroatoms. The van der Waals surface area contributed by atoms with Crippen molar-refractivity contribution >= 4 is 5.97 Å². The SMILES string of the molecule is CCCC(O)(C(=O)O)C(c1ccccc1)C(C)C. The Morgan fingerprint density at radius 2 is 1.83 bits per heavy atom. The Kier molecular flexibility index (Phi) is 4.91. The summed E-state index contributed by atoms with van der Waals surface area (Å²) in [5, 5.41) is 20.0. The smallest absolute Gasteiger partial charge is 0.336 e. The van der Waals surface area contributed by atoms with Crippen LogP contribution in [0, 0.1) is 5.92 Å². The molecule has 2 atom stereocenters. The summed E-state index contributed by atoms with van der Waals surface area (Å²) in [7, 11) is 0. The number of hydrogen-bond acceptors (Lipinski definition) is 2. The van der Waals surface area contributed by atoms with Crippen molar-refractivity contribution in [3.05, 3.63) is 35.9 Å². The Labute approximate surface area is 108 Å². The lowest BCUT2D eigenvalue weighted by molar-refractivity contribution is -0.163. The Balaban J connectivity index is 3.22. The van der Waals surface area contributed by atoms with Gasteiger partial charge in [0.2, 0.25) is 0 Å². The predicted octanol–water partition coefficient (Wildman–Crippen LogP) is 3.04. The maximum atomic E-state index is 11.5. The van der Waals surface area contributed by atoms with Gasteiger partial charge in [-0.05, 0) is 17.9 Å². The van der Waals surface area contributed by atoms with Gasteiger partial charge < -0.3 is 10.2 Å². The lowest BCUT2D eigenvalue weighted by Crippen LogP contribution is -2.46. The van der Waals surface area contributed by atoms with Crippen molar-refractivity contribution < 1.29 is 15.0 Å². The van der Waals surface area contributed by atoms with Gasteiger partial charge >= 0.3 is 5.97 Å².